The average Bonchev–Trinajstić information content (AvgIpc) is 2.25. The van der Waals surface area contributed by atoms with Crippen molar-refractivity contribution >= 4 is 38.0 Å². The minimum atomic E-state index is -5.08. The Bertz CT molecular complexity index is 263. The molecule has 0 aliphatic rings. The minimum Gasteiger partial charge on any atom is -0.475 e. The van der Waals surface area contributed by atoms with Crippen LogP contribution in [0.2, 0.25) is 18.1 Å². The van der Waals surface area contributed by atoms with Gasteiger partial charge in [-0.25, -0.2) is 4.79 Å². The fourth-order valence-corrected chi connectivity index (χ4v) is 5.95. The van der Waals surface area contributed by atoms with Crippen molar-refractivity contribution in [3.8, 4) is 0 Å². The van der Waals surface area contributed by atoms with E-state index in [9.17, 15) is 13.2 Å². The number of rotatable bonds is 6. The van der Waals surface area contributed by atoms with E-state index >= 15 is 0 Å². The SMILES string of the molecule is CC(C)C[Si](CC(C)C)CC(C)C.ClCCl.O=C(O)C(F)(F)F. The van der Waals surface area contributed by atoms with E-state index in [0.717, 1.165) is 17.8 Å². The lowest BCUT2D eigenvalue weighted by Crippen LogP contribution is -2.21. The molecule has 1 radical (unpaired) electrons. The van der Waals surface area contributed by atoms with Crippen LogP contribution in [0.3, 0.4) is 0 Å². The largest absolute Gasteiger partial charge is 0.490 e. The minimum absolute atomic E-state index is 0.0432. The molecule has 0 fully saturated rings. The smallest absolute Gasteiger partial charge is 0.475 e. The number of carboxylic acid groups (broad SMARTS) is 1. The lowest BCUT2D eigenvalue weighted by Gasteiger charge is -2.20. The van der Waals surface area contributed by atoms with E-state index in [0.29, 0.717) is 0 Å². The fourth-order valence-electron chi connectivity index (χ4n) is 1.98. The van der Waals surface area contributed by atoms with Gasteiger partial charge in [-0.05, 0) is 17.8 Å². The molecule has 0 aliphatic heterocycles. The second-order valence-electron chi connectivity index (χ2n) is 6.45. The Morgan fingerprint density at radius 1 is 0.913 bits per heavy atom. The van der Waals surface area contributed by atoms with Crippen molar-refractivity contribution in [1.29, 1.82) is 0 Å². The van der Waals surface area contributed by atoms with Crippen molar-refractivity contribution in [1.82, 2.24) is 0 Å². The number of carboxylic acids is 1. The Morgan fingerprint density at radius 3 is 1.17 bits per heavy atom. The van der Waals surface area contributed by atoms with Crippen LogP contribution in [-0.2, 0) is 4.79 Å². The molecule has 141 valence electrons. The van der Waals surface area contributed by atoms with Crippen LogP contribution >= 0.6 is 23.2 Å². The first-order valence-electron chi connectivity index (χ1n) is 7.53. The molecule has 8 heteroatoms. The highest BCUT2D eigenvalue weighted by molar-refractivity contribution is 6.58. The zero-order valence-corrected chi connectivity index (χ0v) is 17.3. The van der Waals surface area contributed by atoms with Crippen LogP contribution in [0.25, 0.3) is 0 Å². The standard InChI is InChI=1S/C12H27Si.C2HF3O2.CH2Cl2/c1-10(2)7-13(8-11(3)4)9-12(5)6;3-2(4,5)1(6)7;2-1-3/h10-12H,7-9H2,1-6H3;(H,6,7);1H2. The van der Waals surface area contributed by atoms with Crippen LogP contribution < -0.4 is 0 Å². The molecule has 0 saturated carbocycles. The molecule has 0 saturated heterocycles. The summed E-state index contributed by atoms with van der Waals surface area (Å²) in [5, 5.41) is 7.32. The van der Waals surface area contributed by atoms with E-state index in [1.54, 1.807) is 0 Å². The van der Waals surface area contributed by atoms with Crippen LogP contribution in [0.5, 0.6) is 0 Å². The third-order valence-corrected chi connectivity index (χ3v) is 6.51. The number of hydrogen-bond acceptors (Lipinski definition) is 1. The highest BCUT2D eigenvalue weighted by atomic mass is 35.5. The molecule has 0 unspecified atom stereocenters. The highest BCUT2D eigenvalue weighted by Gasteiger charge is 2.38. The molecule has 1 N–H and O–H groups in total. The molecule has 0 aromatic heterocycles. The molecule has 0 heterocycles. The Kier molecular flexibility index (Phi) is 18.9. The van der Waals surface area contributed by atoms with Crippen molar-refractivity contribution in [2.75, 3.05) is 5.34 Å². The summed E-state index contributed by atoms with van der Waals surface area (Å²) in [7, 11) is -0.0432. The quantitative estimate of drug-likeness (QED) is 0.409. The molecule has 2 nitrogen and oxygen atoms in total. The topological polar surface area (TPSA) is 37.3 Å². The zero-order chi connectivity index (χ0) is 19.2. The van der Waals surface area contributed by atoms with Crippen LogP contribution in [-0.4, -0.2) is 31.4 Å². The van der Waals surface area contributed by atoms with Crippen molar-refractivity contribution < 1.29 is 23.1 Å². The van der Waals surface area contributed by atoms with Crippen molar-refractivity contribution in [2.24, 2.45) is 17.8 Å². The molecule has 0 rings (SSSR count). The van der Waals surface area contributed by atoms with Crippen molar-refractivity contribution in [3.63, 3.8) is 0 Å². The molecule has 0 aromatic rings. The third-order valence-electron chi connectivity index (χ3n) is 2.33. The Morgan fingerprint density at radius 2 is 1.09 bits per heavy atom. The lowest BCUT2D eigenvalue weighted by molar-refractivity contribution is -0.192. The summed E-state index contributed by atoms with van der Waals surface area (Å²) in [6, 6.07) is 4.54. The molecule has 0 spiro atoms. The summed E-state index contributed by atoms with van der Waals surface area (Å²) in [5.74, 6) is -0.0309. The molecule has 0 atom stereocenters. The van der Waals surface area contributed by atoms with Gasteiger partial charge in [0.2, 0.25) is 0 Å². The van der Waals surface area contributed by atoms with E-state index in [1.165, 1.54) is 18.1 Å². The van der Waals surface area contributed by atoms with Gasteiger partial charge in [-0.3, -0.25) is 0 Å². The summed E-state index contributed by atoms with van der Waals surface area (Å²) < 4.78 is 31.7. The number of halogens is 5. The normalized spacial score (nSPS) is 11.3. The van der Waals surface area contributed by atoms with Gasteiger partial charge in [-0.2, -0.15) is 13.2 Å². The van der Waals surface area contributed by atoms with Gasteiger partial charge in [0.15, 0.2) is 0 Å². The van der Waals surface area contributed by atoms with Gasteiger partial charge >= 0.3 is 12.1 Å². The van der Waals surface area contributed by atoms with E-state index in [4.69, 9.17) is 33.1 Å². The predicted octanol–water partition coefficient (Wildman–Crippen LogP) is 6.50. The summed E-state index contributed by atoms with van der Waals surface area (Å²) in [5.41, 5.74) is 0. The molecule has 0 amide bonds. The zero-order valence-electron chi connectivity index (χ0n) is 14.8. The van der Waals surface area contributed by atoms with E-state index in [1.807, 2.05) is 0 Å². The molecule has 23 heavy (non-hydrogen) atoms. The van der Waals surface area contributed by atoms with Gasteiger partial charge < -0.3 is 5.11 Å². The fraction of sp³-hybridized carbons (Fsp3) is 0.933. The van der Waals surface area contributed by atoms with Gasteiger partial charge in [0, 0.05) is 8.80 Å². The van der Waals surface area contributed by atoms with E-state index in [2.05, 4.69) is 41.5 Å². The first-order valence-corrected chi connectivity index (χ1v) is 10.7. The van der Waals surface area contributed by atoms with E-state index < -0.39 is 12.1 Å². The average molecular weight is 398 g/mol. The van der Waals surface area contributed by atoms with Crippen molar-refractivity contribution in [3.05, 3.63) is 0 Å². The maximum absolute atomic E-state index is 10.6. The lowest BCUT2D eigenvalue weighted by atomic mass is 10.3. The predicted molar refractivity (Wildman–Crippen MR) is 95.0 cm³/mol. The maximum Gasteiger partial charge on any atom is 0.490 e. The molecule has 0 bridgehead atoms. The Balaban J connectivity index is -0.000000335. The highest BCUT2D eigenvalue weighted by Crippen LogP contribution is 2.21. The molecular weight excluding hydrogens is 368 g/mol. The Labute approximate surface area is 150 Å². The molecule has 0 aliphatic carbocycles. The van der Waals surface area contributed by atoms with Gasteiger partial charge in [-0.1, -0.05) is 59.7 Å². The van der Waals surface area contributed by atoms with Crippen LogP contribution in [0, 0.1) is 17.8 Å². The summed E-state index contributed by atoms with van der Waals surface area (Å²) in [6.07, 6.45) is -5.08. The first-order chi connectivity index (χ1) is 10.3. The number of hydrogen-bond donors (Lipinski definition) is 1. The van der Waals surface area contributed by atoms with Gasteiger partial charge in [0.1, 0.15) is 0 Å². The van der Waals surface area contributed by atoms with Crippen LogP contribution in [0.1, 0.15) is 41.5 Å². The second kappa shape index (κ2) is 15.6. The summed E-state index contributed by atoms with van der Waals surface area (Å²) in [6.45, 7) is 14.2. The molecule has 0 aromatic carbocycles. The number of aliphatic carboxylic acids is 1. The van der Waals surface area contributed by atoms with Gasteiger partial charge in [-0.15, -0.1) is 23.2 Å². The summed E-state index contributed by atoms with van der Waals surface area (Å²) >= 11 is 9.53. The Hall–Kier alpha value is 0.0569. The van der Waals surface area contributed by atoms with Crippen LogP contribution in [0.15, 0.2) is 0 Å². The van der Waals surface area contributed by atoms with Crippen molar-refractivity contribution in [2.45, 2.75) is 65.9 Å². The second-order valence-corrected chi connectivity index (χ2v) is 9.98. The summed E-state index contributed by atoms with van der Waals surface area (Å²) in [4.78, 5) is 8.90. The third kappa shape index (κ3) is 27.2. The maximum atomic E-state index is 10.6. The van der Waals surface area contributed by atoms with Gasteiger partial charge in [0.25, 0.3) is 0 Å². The monoisotopic (exact) mass is 397 g/mol. The number of alkyl halides is 5. The number of carbonyl (C=O) groups is 1. The molecular formula is C15H30Cl2F3O2Si. The first kappa shape index (κ1) is 27.9. The van der Waals surface area contributed by atoms with Gasteiger partial charge in [0.05, 0.1) is 5.34 Å². The van der Waals surface area contributed by atoms with Crippen LogP contribution in [0.4, 0.5) is 13.2 Å². The van der Waals surface area contributed by atoms with E-state index in [-0.39, 0.29) is 14.1 Å².